The lowest BCUT2D eigenvalue weighted by atomic mass is 10.2. The van der Waals surface area contributed by atoms with Gasteiger partial charge in [0.2, 0.25) is 0 Å². The topological polar surface area (TPSA) is 39.4 Å². The van der Waals surface area contributed by atoms with Crippen molar-refractivity contribution in [3.8, 4) is 0 Å². The number of thioether (sulfide) groups is 1. The van der Waals surface area contributed by atoms with Gasteiger partial charge in [0.25, 0.3) is 0 Å². The van der Waals surface area contributed by atoms with Crippen molar-refractivity contribution < 1.29 is 22.7 Å². The predicted molar refractivity (Wildman–Crippen MR) is 70.7 cm³/mol. The second-order valence-electron chi connectivity index (χ2n) is 4.04. The molecule has 2 aromatic rings. The molecule has 2 rings (SSSR count). The molecule has 0 aliphatic heterocycles. The molecule has 1 aromatic heterocycles. The first-order valence-corrected chi connectivity index (χ1v) is 6.75. The summed E-state index contributed by atoms with van der Waals surface area (Å²) in [4.78, 5) is 12.0. The first-order chi connectivity index (χ1) is 9.51. The fourth-order valence-corrected chi connectivity index (χ4v) is 2.45. The van der Waals surface area contributed by atoms with Crippen LogP contribution < -0.4 is 0 Å². The second-order valence-corrected chi connectivity index (χ2v) is 5.09. The van der Waals surface area contributed by atoms with Gasteiger partial charge in [-0.2, -0.15) is 0 Å². The van der Waals surface area contributed by atoms with Crippen molar-refractivity contribution in [3.05, 3.63) is 53.0 Å². The number of rotatable bonds is 4. The number of ether oxygens (including phenoxy) is 1. The van der Waals surface area contributed by atoms with Gasteiger partial charge < -0.3 is 9.15 Å². The van der Waals surface area contributed by atoms with E-state index < -0.39 is 17.6 Å². The molecule has 0 atom stereocenters. The Kier molecular flexibility index (Phi) is 4.44. The van der Waals surface area contributed by atoms with Gasteiger partial charge in [-0.15, -0.1) is 11.8 Å². The number of carbonyl (C=O) groups excluding carboxylic acids is 1. The number of halogens is 2. The summed E-state index contributed by atoms with van der Waals surface area (Å²) in [5.41, 5.74) is 0.369. The van der Waals surface area contributed by atoms with Crippen LogP contribution in [0.5, 0.6) is 0 Å². The maximum Gasteiger partial charge on any atom is 0.341 e. The van der Waals surface area contributed by atoms with Crippen LogP contribution in [-0.2, 0) is 10.5 Å². The van der Waals surface area contributed by atoms with Gasteiger partial charge in [0.05, 0.1) is 12.9 Å². The molecule has 0 bridgehead atoms. The molecule has 0 saturated heterocycles. The summed E-state index contributed by atoms with van der Waals surface area (Å²) >= 11 is 1.29. The number of esters is 1. The van der Waals surface area contributed by atoms with Crippen LogP contribution in [0.4, 0.5) is 8.78 Å². The van der Waals surface area contributed by atoms with Gasteiger partial charge >= 0.3 is 5.97 Å². The smallest absolute Gasteiger partial charge is 0.341 e. The third-order valence-electron chi connectivity index (χ3n) is 2.65. The average molecular weight is 298 g/mol. The highest BCUT2D eigenvalue weighted by Crippen LogP contribution is 2.26. The summed E-state index contributed by atoms with van der Waals surface area (Å²) < 4.78 is 35.9. The fraction of sp³-hybridized carbons (Fsp3) is 0.214. The molecule has 0 fully saturated rings. The maximum atomic E-state index is 13.1. The Balaban J connectivity index is 2.07. The molecule has 1 aromatic carbocycles. The van der Waals surface area contributed by atoms with Gasteiger partial charge in [-0.3, -0.25) is 0 Å². The minimum absolute atomic E-state index is 0.369. The number of methoxy groups -OCH3 is 1. The summed E-state index contributed by atoms with van der Waals surface area (Å²) in [6.45, 7) is 1.66. The maximum absolute atomic E-state index is 13.1. The Labute approximate surface area is 118 Å². The van der Waals surface area contributed by atoms with Crippen LogP contribution >= 0.6 is 11.8 Å². The van der Waals surface area contributed by atoms with Crippen molar-refractivity contribution in [2.75, 3.05) is 7.11 Å². The van der Waals surface area contributed by atoms with Gasteiger partial charge in [-0.1, -0.05) is 0 Å². The Morgan fingerprint density at radius 2 is 2.05 bits per heavy atom. The monoisotopic (exact) mass is 298 g/mol. The summed E-state index contributed by atoms with van der Waals surface area (Å²) in [5, 5.41) is 0. The van der Waals surface area contributed by atoms with Crippen molar-refractivity contribution in [1.29, 1.82) is 0 Å². The van der Waals surface area contributed by atoms with Crippen LogP contribution in [0.15, 0.2) is 33.6 Å². The zero-order valence-corrected chi connectivity index (χ0v) is 11.7. The Morgan fingerprint density at radius 1 is 1.30 bits per heavy atom. The second kappa shape index (κ2) is 6.09. The summed E-state index contributed by atoms with van der Waals surface area (Å²) in [7, 11) is 1.30. The summed E-state index contributed by atoms with van der Waals surface area (Å²) in [5.74, 6) is -0.786. The van der Waals surface area contributed by atoms with E-state index in [-0.39, 0.29) is 0 Å². The van der Waals surface area contributed by atoms with Crippen molar-refractivity contribution in [1.82, 2.24) is 0 Å². The number of benzene rings is 1. The standard InChI is InChI=1S/C14H12F2O3S/c1-8-11(14(17)18-2)5-9(19-8)7-20-10-3-4-12(15)13(16)6-10/h3-6H,7H2,1-2H3. The quantitative estimate of drug-likeness (QED) is 0.633. The van der Waals surface area contributed by atoms with Crippen LogP contribution in [0.2, 0.25) is 0 Å². The highest BCUT2D eigenvalue weighted by molar-refractivity contribution is 7.98. The number of carbonyl (C=O) groups is 1. The molecule has 0 aliphatic rings. The number of aryl methyl sites for hydroxylation is 1. The van der Waals surface area contributed by atoms with Gasteiger partial charge in [-0.25, -0.2) is 13.6 Å². The van der Waals surface area contributed by atoms with E-state index in [9.17, 15) is 13.6 Å². The highest BCUT2D eigenvalue weighted by Gasteiger charge is 2.15. The first-order valence-electron chi connectivity index (χ1n) is 5.76. The van der Waals surface area contributed by atoms with Crippen molar-refractivity contribution in [2.24, 2.45) is 0 Å². The van der Waals surface area contributed by atoms with E-state index in [2.05, 4.69) is 4.74 Å². The molecule has 0 spiro atoms. The van der Waals surface area contributed by atoms with Crippen LogP contribution in [0.1, 0.15) is 21.9 Å². The van der Waals surface area contributed by atoms with Crippen LogP contribution in [-0.4, -0.2) is 13.1 Å². The van der Waals surface area contributed by atoms with Crippen LogP contribution in [0.25, 0.3) is 0 Å². The highest BCUT2D eigenvalue weighted by atomic mass is 32.2. The zero-order chi connectivity index (χ0) is 14.7. The lowest BCUT2D eigenvalue weighted by Gasteiger charge is -2.00. The molecule has 1 heterocycles. The molecular formula is C14H12F2O3S. The molecule has 6 heteroatoms. The lowest BCUT2D eigenvalue weighted by molar-refractivity contribution is 0.0599. The predicted octanol–water partition coefficient (Wildman–Crippen LogP) is 3.95. The number of furan rings is 1. The van der Waals surface area contributed by atoms with Gasteiger partial charge in [0.15, 0.2) is 11.6 Å². The Morgan fingerprint density at radius 3 is 2.70 bits per heavy atom. The van der Waals surface area contributed by atoms with Crippen LogP contribution in [0.3, 0.4) is 0 Å². The molecule has 0 amide bonds. The van der Waals surface area contributed by atoms with E-state index in [1.54, 1.807) is 13.0 Å². The van der Waals surface area contributed by atoms with Crippen molar-refractivity contribution >= 4 is 17.7 Å². The zero-order valence-electron chi connectivity index (χ0n) is 10.9. The van der Waals surface area contributed by atoms with E-state index in [1.807, 2.05) is 0 Å². The van der Waals surface area contributed by atoms with Crippen LogP contribution in [0, 0.1) is 18.6 Å². The van der Waals surface area contributed by atoms with E-state index in [0.29, 0.717) is 27.7 Å². The van der Waals surface area contributed by atoms with E-state index in [0.717, 1.165) is 12.1 Å². The molecule has 20 heavy (non-hydrogen) atoms. The Hall–Kier alpha value is -1.82. The van der Waals surface area contributed by atoms with Gasteiger partial charge in [0, 0.05) is 4.90 Å². The molecule has 106 valence electrons. The van der Waals surface area contributed by atoms with Crippen molar-refractivity contribution in [3.63, 3.8) is 0 Å². The average Bonchev–Trinajstić information content (AvgIpc) is 2.80. The van der Waals surface area contributed by atoms with E-state index >= 15 is 0 Å². The fourth-order valence-electron chi connectivity index (χ4n) is 1.65. The van der Waals surface area contributed by atoms with Gasteiger partial charge in [-0.05, 0) is 31.2 Å². The largest absolute Gasteiger partial charge is 0.465 e. The van der Waals surface area contributed by atoms with Gasteiger partial charge in [0.1, 0.15) is 17.1 Å². The molecule has 0 saturated carbocycles. The number of hydrogen-bond donors (Lipinski definition) is 0. The summed E-state index contributed by atoms with van der Waals surface area (Å²) in [6, 6.07) is 5.27. The molecular weight excluding hydrogens is 286 g/mol. The molecule has 0 unspecified atom stereocenters. The molecule has 3 nitrogen and oxygen atoms in total. The lowest BCUT2D eigenvalue weighted by Crippen LogP contribution is -2.00. The van der Waals surface area contributed by atoms with Crippen molar-refractivity contribution in [2.45, 2.75) is 17.6 Å². The molecule has 0 aliphatic carbocycles. The number of hydrogen-bond acceptors (Lipinski definition) is 4. The normalized spacial score (nSPS) is 10.6. The molecule has 0 radical (unpaired) electrons. The minimum atomic E-state index is -0.888. The van der Waals surface area contributed by atoms with E-state index in [4.69, 9.17) is 4.42 Å². The molecule has 0 N–H and O–H groups in total. The third kappa shape index (κ3) is 3.19. The summed E-state index contributed by atoms with van der Waals surface area (Å²) in [6.07, 6.45) is 0. The third-order valence-corrected chi connectivity index (χ3v) is 3.66. The first kappa shape index (κ1) is 14.6. The van der Waals surface area contributed by atoms with E-state index in [1.165, 1.54) is 24.9 Å². The Bertz CT molecular complexity index is 637. The minimum Gasteiger partial charge on any atom is -0.465 e. The SMILES string of the molecule is COC(=O)c1cc(CSc2ccc(F)c(F)c2)oc1C.